The summed E-state index contributed by atoms with van der Waals surface area (Å²) in [6, 6.07) is 6.80. The summed E-state index contributed by atoms with van der Waals surface area (Å²) < 4.78 is 11.5. The minimum absolute atomic E-state index is 0.128. The predicted molar refractivity (Wildman–Crippen MR) is 76.7 cm³/mol. The molecule has 2 rings (SSSR count). The van der Waals surface area contributed by atoms with Crippen molar-refractivity contribution in [2.75, 3.05) is 7.11 Å². The Morgan fingerprint density at radius 3 is 2.65 bits per heavy atom. The smallest absolute Gasteiger partial charge is 0.337 e. The highest BCUT2D eigenvalue weighted by Gasteiger charge is 2.10. The van der Waals surface area contributed by atoms with Crippen LogP contribution in [0.15, 0.2) is 34.9 Å². The van der Waals surface area contributed by atoms with Crippen LogP contribution < -0.4 is 9.47 Å². The summed E-state index contributed by atoms with van der Waals surface area (Å²) in [5.74, 6) is 0.623. The van der Waals surface area contributed by atoms with Crippen molar-refractivity contribution in [1.82, 2.24) is 4.98 Å². The molecule has 0 amide bonds. The summed E-state index contributed by atoms with van der Waals surface area (Å²) >= 11 is 3.38. The molecular formula is C14H12BrNO4. The predicted octanol–water partition coefficient (Wildman–Crippen LogP) is 3.65. The lowest BCUT2D eigenvalue weighted by molar-refractivity contribution is 0.0696. The van der Waals surface area contributed by atoms with Gasteiger partial charge in [-0.25, -0.2) is 9.78 Å². The van der Waals surface area contributed by atoms with Crippen molar-refractivity contribution in [2.45, 2.75) is 6.92 Å². The van der Waals surface area contributed by atoms with Crippen LogP contribution in [-0.4, -0.2) is 23.2 Å². The minimum atomic E-state index is -1.02. The molecule has 0 aliphatic rings. The maximum Gasteiger partial charge on any atom is 0.337 e. The fourth-order valence-electron chi connectivity index (χ4n) is 1.58. The van der Waals surface area contributed by atoms with Crippen molar-refractivity contribution in [3.63, 3.8) is 0 Å². The van der Waals surface area contributed by atoms with Gasteiger partial charge in [-0.05, 0) is 47.1 Å². The van der Waals surface area contributed by atoms with E-state index in [0.717, 1.165) is 4.47 Å². The zero-order valence-electron chi connectivity index (χ0n) is 10.9. The van der Waals surface area contributed by atoms with E-state index in [4.69, 9.17) is 14.6 Å². The quantitative estimate of drug-likeness (QED) is 0.922. The molecule has 104 valence electrons. The summed E-state index contributed by atoms with van der Waals surface area (Å²) in [6.07, 6.45) is 1.27. The zero-order chi connectivity index (χ0) is 14.7. The minimum Gasteiger partial charge on any atom is -0.497 e. The Bertz CT molecular complexity index is 658. The molecule has 0 radical (unpaired) electrons. The molecule has 0 fully saturated rings. The molecule has 6 heteroatoms. The van der Waals surface area contributed by atoms with Gasteiger partial charge in [-0.3, -0.25) is 0 Å². The molecule has 1 heterocycles. The number of hydrogen-bond acceptors (Lipinski definition) is 4. The number of carbonyl (C=O) groups is 1. The van der Waals surface area contributed by atoms with Crippen LogP contribution in [0, 0.1) is 6.92 Å². The van der Waals surface area contributed by atoms with Gasteiger partial charge in [0.25, 0.3) is 0 Å². The van der Waals surface area contributed by atoms with Crippen molar-refractivity contribution in [3.05, 3.63) is 46.1 Å². The molecule has 1 aromatic carbocycles. The molecule has 0 spiro atoms. The number of methoxy groups -OCH3 is 1. The molecular weight excluding hydrogens is 326 g/mol. The van der Waals surface area contributed by atoms with E-state index in [9.17, 15) is 4.79 Å². The van der Waals surface area contributed by atoms with E-state index in [1.165, 1.54) is 12.3 Å². The summed E-state index contributed by atoms with van der Waals surface area (Å²) in [6.45, 7) is 1.74. The van der Waals surface area contributed by atoms with Crippen LogP contribution in [0.4, 0.5) is 0 Å². The molecule has 0 saturated carbocycles. The van der Waals surface area contributed by atoms with Crippen molar-refractivity contribution < 1.29 is 19.4 Å². The first-order valence-electron chi connectivity index (χ1n) is 5.72. The van der Waals surface area contributed by atoms with Crippen LogP contribution in [-0.2, 0) is 0 Å². The van der Waals surface area contributed by atoms with E-state index in [-0.39, 0.29) is 5.56 Å². The maximum absolute atomic E-state index is 10.8. The van der Waals surface area contributed by atoms with Gasteiger partial charge in [-0.2, -0.15) is 0 Å². The lowest BCUT2D eigenvalue weighted by Gasteiger charge is -2.10. The van der Waals surface area contributed by atoms with Crippen LogP contribution in [0.2, 0.25) is 0 Å². The third kappa shape index (κ3) is 3.08. The number of aryl methyl sites for hydroxylation is 1. The number of aromatic carboxylic acids is 1. The Balaban J connectivity index is 2.28. The molecule has 2 aromatic rings. The molecule has 0 bridgehead atoms. The zero-order valence-corrected chi connectivity index (χ0v) is 12.5. The van der Waals surface area contributed by atoms with E-state index in [2.05, 4.69) is 20.9 Å². The van der Waals surface area contributed by atoms with E-state index < -0.39 is 5.97 Å². The highest BCUT2D eigenvalue weighted by molar-refractivity contribution is 9.10. The first-order valence-corrected chi connectivity index (χ1v) is 6.52. The average molecular weight is 338 g/mol. The largest absolute Gasteiger partial charge is 0.497 e. The van der Waals surface area contributed by atoms with Gasteiger partial charge in [0.2, 0.25) is 5.88 Å². The maximum atomic E-state index is 10.8. The second-order valence-electron chi connectivity index (χ2n) is 4.05. The summed E-state index contributed by atoms with van der Waals surface area (Å²) in [5, 5.41) is 8.89. The fraction of sp³-hybridized carbons (Fsp3) is 0.143. The first kappa shape index (κ1) is 14.3. The third-order valence-corrected chi connectivity index (χ3v) is 3.24. The van der Waals surface area contributed by atoms with Crippen LogP contribution in [0.3, 0.4) is 0 Å². The SMILES string of the molecule is COc1ccc(Oc2ncc(C(=O)O)cc2C)c(Br)c1. The number of carboxylic acid groups (broad SMARTS) is 1. The van der Waals surface area contributed by atoms with Gasteiger partial charge in [-0.1, -0.05) is 0 Å². The van der Waals surface area contributed by atoms with Gasteiger partial charge in [0, 0.05) is 11.8 Å². The van der Waals surface area contributed by atoms with E-state index >= 15 is 0 Å². The van der Waals surface area contributed by atoms with Gasteiger partial charge in [-0.15, -0.1) is 0 Å². The number of rotatable bonds is 4. The van der Waals surface area contributed by atoms with Gasteiger partial charge < -0.3 is 14.6 Å². The highest BCUT2D eigenvalue weighted by Crippen LogP contribution is 2.33. The Hall–Kier alpha value is -2.08. The van der Waals surface area contributed by atoms with E-state index in [1.807, 2.05) is 0 Å². The summed E-state index contributed by atoms with van der Waals surface area (Å²) in [7, 11) is 1.58. The molecule has 0 atom stereocenters. The number of aromatic nitrogens is 1. The Morgan fingerprint density at radius 2 is 2.10 bits per heavy atom. The van der Waals surface area contributed by atoms with E-state index in [1.54, 1.807) is 32.2 Å². The van der Waals surface area contributed by atoms with Crippen molar-refractivity contribution in [3.8, 4) is 17.4 Å². The Kier molecular flexibility index (Phi) is 4.24. The van der Waals surface area contributed by atoms with E-state index in [0.29, 0.717) is 22.9 Å². The lowest BCUT2D eigenvalue weighted by Crippen LogP contribution is -2.00. The van der Waals surface area contributed by atoms with Crippen molar-refractivity contribution in [1.29, 1.82) is 0 Å². The van der Waals surface area contributed by atoms with Crippen LogP contribution >= 0.6 is 15.9 Å². The number of hydrogen-bond donors (Lipinski definition) is 1. The molecule has 1 aromatic heterocycles. The molecule has 0 saturated heterocycles. The first-order chi connectivity index (χ1) is 9.51. The lowest BCUT2D eigenvalue weighted by atomic mass is 10.2. The van der Waals surface area contributed by atoms with Crippen LogP contribution in [0.25, 0.3) is 0 Å². The standard InChI is InChI=1S/C14H12BrNO4/c1-8-5-9(14(17)18)7-16-13(8)20-12-4-3-10(19-2)6-11(12)15/h3-7H,1-2H3,(H,17,18). The van der Waals surface area contributed by atoms with Gasteiger partial charge in [0.15, 0.2) is 0 Å². The highest BCUT2D eigenvalue weighted by atomic mass is 79.9. The van der Waals surface area contributed by atoms with Crippen molar-refractivity contribution >= 4 is 21.9 Å². The van der Waals surface area contributed by atoms with Crippen LogP contribution in [0.5, 0.6) is 17.4 Å². The number of pyridine rings is 1. The third-order valence-electron chi connectivity index (χ3n) is 2.62. The molecule has 1 N–H and O–H groups in total. The number of nitrogens with zero attached hydrogens (tertiary/aromatic N) is 1. The van der Waals surface area contributed by atoms with Gasteiger partial charge in [0.05, 0.1) is 17.1 Å². The number of carboxylic acids is 1. The fourth-order valence-corrected chi connectivity index (χ4v) is 2.02. The second kappa shape index (κ2) is 5.92. The Labute approximate surface area is 124 Å². The number of benzene rings is 1. The summed E-state index contributed by atoms with van der Waals surface area (Å²) in [5.41, 5.74) is 0.774. The Morgan fingerprint density at radius 1 is 1.35 bits per heavy atom. The van der Waals surface area contributed by atoms with Gasteiger partial charge >= 0.3 is 5.97 Å². The normalized spacial score (nSPS) is 10.2. The molecule has 0 aliphatic heterocycles. The van der Waals surface area contributed by atoms with Crippen molar-refractivity contribution in [2.24, 2.45) is 0 Å². The van der Waals surface area contributed by atoms with Crippen LogP contribution in [0.1, 0.15) is 15.9 Å². The molecule has 0 aliphatic carbocycles. The molecule has 5 nitrogen and oxygen atoms in total. The second-order valence-corrected chi connectivity index (χ2v) is 4.90. The molecule has 0 unspecified atom stereocenters. The molecule has 20 heavy (non-hydrogen) atoms. The summed E-state index contributed by atoms with van der Waals surface area (Å²) in [4.78, 5) is 14.9. The number of halogens is 1. The topological polar surface area (TPSA) is 68.7 Å². The average Bonchev–Trinajstić information content (AvgIpc) is 2.42. The monoisotopic (exact) mass is 337 g/mol. The van der Waals surface area contributed by atoms with Gasteiger partial charge in [0.1, 0.15) is 11.5 Å². The number of ether oxygens (including phenoxy) is 2.